The zero-order valence-corrected chi connectivity index (χ0v) is 15.1. The summed E-state index contributed by atoms with van der Waals surface area (Å²) in [5, 5.41) is 18.9. The molecular weight excluding hydrogens is 351 g/mol. The van der Waals surface area contributed by atoms with Crippen LogP contribution in [0.5, 0.6) is 5.75 Å². The fourth-order valence-electron chi connectivity index (χ4n) is 2.25. The van der Waals surface area contributed by atoms with Crippen molar-refractivity contribution >= 4 is 34.8 Å². The smallest absolute Gasteiger partial charge is 0.261 e. The summed E-state index contributed by atoms with van der Waals surface area (Å²) in [4.78, 5) is 12.1. The van der Waals surface area contributed by atoms with Crippen molar-refractivity contribution in [2.45, 2.75) is 33.7 Å². The normalized spacial score (nSPS) is 11.6. The average molecular weight is 369 g/mol. The third-order valence-corrected chi connectivity index (χ3v) is 3.89. The van der Waals surface area contributed by atoms with Gasteiger partial charge in [0.2, 0.25) is 0 Å². The van der Waals surface area contributed by atoms with Gasteiger partial charge >= 0.3 is 0 Å². The number of benzene rings is 1. The summed E-state index contributed by atoms with van der Waals surface area (Å²) in [5.41, 5.74) is 5.07. The number of rotatable bonds is 5. The number of amides is 1. The van der Waals surface area contributed by atoms with Crippen LogP contribution in [0.2, 0.25) is 10.0 Å². The highest BCUT2D eigenvalue weighted by atomic mass is 35.5. The van der Waals surface area contributed by atoms with Gasteiger partial charge in [-0.15, -0.1) is 0 Å². The Bertz CT molecular complexity index is 800. The van der Waals surface area contributed by atoms with Crippen molar-refractivity contribution < 1.29 is 9.90 Å². The molecule has 2 rings (SSSR count). The second-order valence-electron chi connectivity index (χ2n) is 5.32. The number of carbonyl (C=O) groups is 1. The van der Waals surface area contributed by atoms with E-state index < -0.39 is 0 Å². The SMILES string of the molecule is CCC(=NNC(=O)Cn1nc(C)cc1C)c1cc(Cl)cc(Cl)c1O. The molecule has 0 aliphatic heterocycles. The van der Waals surface area contributed by atoms with Crippen LogP contribution in [-0.4, -0.2) is 26.5 Å². The molecule has 2 N–H and O–H groups in total. The summed E-state index contributed by atoms with van der Waals surface area (Å²) >= 11 is 11.9. The maximum absolute atomic E-state index is 12.1. The number of halogens is 2. The van der Waals surface area contributed by atoms with Crippen molar-refractivity contribution in [3.05, 3.63) is 45.2 Å². The molecule has 0 bridgehead atoms. The van der Waals surface area contributed by atoms with E-state index in [1.165, 1.54) is 6.07 Å². The predicted molar refractivity (Wildman–Crippen MR) is 94.8 cm³/mol. The van der Waals surface area contributed by atoms with Gasteiger partial charge in [0.1, 0.15) is 12.3 Å². The van der Waals surface area contributed by atoms with Crippen molar-refractivity contribution in [2.75, 3.05) is 0 Å². The molecule has 128 valence electrons. The third kappa shape index (κ3) is 4.27. The van der Waals surface area contributed by atoms with Gasteiger partial charge in [-0.25, -0.2) is 5.43 Å². The Kier molecular flexibility index (Phi) is 5.85. The maximum atomic E-state index is 12.1. The summed E-state index contributed by atoms with van der Waals surface area (Å²) in [7, 11) is 0. The second kappa shape index (κ2) is 7.68. The van der Waals surface area contributed by atoms with Crippen molar-refractivity contribution in [3.8, 4) is 5.75 Å². The summed E-state index contributed by atoms with van der Waals surface area (Å²) in [5.74, 6) is -0.436. The monoisotopic (exact) mass is 368 g/mol. The highest BCUT2D eigenvalue weighted by Gasteiger charge is 2.13. The molecule has 2 aromatic rings. The molecule has 0 fully saturated rings. The van der Waals surface area contributed by atoms with E-state index in [9.17, 15) is 9.90 Å². The van der Waals surface area contributed by atoms with Gasteiger partial charge in [0.25, 0.3) is 5.91 Å². The molecule has 8 heteroatoms. The Morgan fingerprint density at radius 1 is 1.33 bits per heavy atom. The molecular formula is C16H18Cl2N4O2. The Balaban J connectivity index is 2.16. The van der Waals surface area contributed by atoms with Crippen molar-refractivity contribution in [2.24, 2.45) is 5.10 Å². The molecule has 0 saturated carbocycles. The van der Waals surface area contributed by atoms with E-state index in [4.69, 9.17) is 23.2 Å². The highest BCUT2D eigenvalue weighted by Crippen LogP contribution is 2.32. The van der Waals surface area contributed by atoms with Crippen LogP contribution in [0.3, 0.4) is 0 Å². The lowest BCUT2D eigenvalue weighted by atomic mass is 10.1. The fraction of sp³-hybridized carbons (Fsp3) is 0.312. The Labute approximate surface area is 150 Å². The number of carbonyl (C=O) groups excluding carboxylic acids is 1. The summed E-state index contributed by atoms with van der Waals surface area (Å²) in [6, 6.07) is 4.88. The van der Waals surface area contributed by atoms with E-state index in [0.717, 1.165) is 11.4 Å². The van der Waals surface area contributed by atoms with Gasteiger partial charge in [0, 0.05) is 16.3 Å². The minimum absolute atomic E-state index is 0.0580. The number of hydrogen-bond donors (Lipinski definition) is 2. The van der Waals surface area contributed by atoms with Crippen LogP contribution in [0.25, 0.3) is 0 Å². The van der Waals surface area contributed by atoms with E-state index in [0.29, 0.717) is 22.7 Å². The molecule has 0 aliphatic carbocycles. The van der Waals surface area contributed by atoms with Gasteiger partial charge < -0.3 is 5.11 Å². The Morgan fingerprint density at radius 3 is 2.62 bits per heavy atom. The van der Waals surface area contributed by atoms with Gasteiger partial charge in [0.15, 0.2) is 0 Å². The topological polar surface area (TPSA) is 79.5 Å². The number of phenols is 1. The lowest BCUT2D eigenvalue weighted by Gasteiger charge is -2.09. The van der Waals surface area contributed by atoms with Crippen LogP contribution in [-0.2, 0) is 11.3 Å². The molecule has 6 nitrogen and oxygen atoms in total. The van der Waals surface area contributed by atoms with E-state index in [2.05, 4.69) is 15.6 Å². The quantitative estimate of drug-likeness (QED) is 0.626. The van der Waals surface area contributed by atoms with Crippen LogP contribution >= 0.6 is 23.2 Å². The molecule has 0 atom stereocenters. The fourth-order valence-corrected chi connectivity index (χ4v) is 2.75. The average Bonchev–Trinajstić information content (AvgIpc) is 2.82. The van der Waals surface area contributed by atoms with E-state index in [1.807, 2.05) is 26.8 Å². The van der Waals surface area contributed by atoms with E-state index in [-0.39, 0.29) is 23.2 Å². The standard InChI is InChI=1S/C16H18Cl2N4O2/c1-4-14(12-6-11(17)7-13(18)16(12)24)19-20-15(23)8-22-10(3)5-9(2)21-22/h5-7,24H,4,8H2,1-3H3,(H,20,23). The lowest BCUT2D eigenvalue weighted by Crippen LogP contribution is -2.25. The second-order valence-corrected chi connectivity index (χ2v) is 6.16. The molecule has 1 amide bonds. The van der Waals surface area contributed by atoms with Gasteiger partial charge in [-0.3, -0.25) is 9.48 Å². The van der Waals surface area contributed by atoms with Crippen LogP contribution in [0.4, 0.5) is 0 Å². The first-order chi connectivity index (χ1) is 11.3. The number of hydrogen-bond acceptors (Lipinski definition) is 4. The Morgan fingerprint density at radius 2 is 2.04 bits per heavy atom. The van der Waals surface area contributed by atoms with Gasteiger partial charge in [-0.05, 0) is 38.5 Å². The molecule has 1 aromatic carbocycles. The van der Waals surface area contributed by atoms with Gasteiger partial charge in [-0.2, -0.15) is 10.2 Å². The van der Waals surface area contributed by atoms with Gasteiger partial charge in [0.05, 0.1) is 16.4 Å². The zero-order valence-electron chi connectivity index (χ0n) is 13.6. The number of nitrogens with zero attached hydrogens (tertiary/aromatic N) is 3. The largest absolute Gasteiger partial charge is 0.506 e. The summed E-state index contributed by atoms with van der Waals surface area (Å²) in [6.45, 7) is 5.64. The third-order valence-electron chi connectivity index (χ3n) is 3.39. The first kappa shape index (κ1) is 18.3. The minimum atomic E-state index is -0.320. The van der Waals surface area contributed by atoms with Crippen LogP contribution in [0, 0.1) is 13.8 Å². The number of aryl methyl sites for hydroxylation is 2. The first-order valence-electron chi connectivity index (χ1n) is 7.36. The number of nitrogens with one attached hydrogen (secondary N) is 1. The van der Waals surface area contributed by atoms with Gasteiger partial charge in [-0.1, -0.05) is 30.1 Å². The molecule has 1 heterocycles. The first-order valence-corrected chi connectivity index (χ1v) is 8.12. The molecule has 24 heavy (non-hydrogen) atoms. The van der Waals surface area contributed by atoms with E-state index in [1.54, 1.807) is 10.7 Å². The number of aromatic nitrogens is 2. The number of aromatic hydroxyl groups is 1. The summed E-state index contributed by atoms with van der Waals surface area (Å²) in [6.07, 6.45) is 0.477. The predicted octanol–water partition coefficient (Wildman–Crippen LogP) is 3.44. The van der Waals surface area contributed by atoms with Crippen LogP contribution in [0.15, 0.2) is 23.3 Å². The summed E-state index contributed by atoms with van der Waals surface area (Å²) < 4.78 is 1.60. The van der Waals surface area contributed by atoms with Crippen molar-refractivity contribution in [1.29, 1.82) is 0 Å². The van der Waals surface area contributed by atoms with Crippen molar-refractivity contribution in [3.63, 3.8) is 0 Å². The lowest BCUT2D eigenvalue weighted by molar-refractivity contribution is -0.121. The number of phenolic OH excluding ortho intramolecular Hbond substituents is 1. The molecule has 0 spiro atoms. The Hall–Kier alpha value is -2.05. The highest BCUT2D eigenvalue weighted by molar-refractivity contribution is 6.36. The van der Waals surface area contributed by atoms with Crippen LogP contribution in [0.1, 0.15) is 30.3 Å². The number of hydrazone groups is 1. The molecule has 0 saturated heterocycles. The molecule has 1 aromatic heterocycles. The molecule has 0 radical (unpaired) electrons. The molecule has 0 unspecified atom stereocenters. The van der Waals surface area contributed by atoms with Crippen LogP contribution < -0.4 is 5.43 Å². The molecule has 0 aliphatic rings. The zero-order chi connectivity index (χ0) is 17.9. The maximum Gasteiger partial charge on any atom is 0.261 e. The van der Waals surface area contributed by atoms with E-state index >= 15 is 0 Å². The minimum Gasteiger partial charge on any atom is -0.506 e. The van der Waals surface area contributed by atoms with Crippen molar-refractivity contribution in [1.82, 2.24) is 15.2 Å².